The fraction of sp³-hybridized carbons (Fsp3) is 0.833. The van der Waals surface area contributed by atoms with Gasteiger partial charge in [-0.1, -0.05) is 13.8 Å². The molecule has 0 saturated heterocycles. The third kappa shape index (κ3) is 5.92. The normalized spacial score (nSPS) is 10.5. The summed E-state index contributed by atoms with van der Waals surface area (Å²) in [6.45, 7) is 6.21. The molecular weight excluding hydrogens is 102 g/mol. The van der Waals surface area contributed by atoms with Gasteiger partial charge in [-0.25, -0.2) is 0 Å². The van der Waals surface area contributed by atoms with Crippen LogP contribution in [0.25, 0.3) is 0 Å². The minimum atomic E-state index is 0.523. The molecule has 0 aromatic heterocycles. The van der Waals surface area contributed by atoms with E-state index in [9.17, 15) is 0 Å². The summed E-state index contributed by atoms with van der Waals surface area (Å²) in [5, 5.41) is 11.4. The summed E-state index contributed by atoms with van der Waals surface area (Å²) in [7, 11) is 0. The summed E-state index contributed by atoms with van der Waals surface area (Å²) in [5.74, 6) is 0. The van der Waals surface area contributed by atoms with Gasteiger partial charge in [-0.15, -0.1) is 0 Å². The average Bonchev–Trinajstić information content (AvgIpc) is 1.66. The Bertz CT molecular complexity index is 45.8. The van der Waals surface area contributed by atoms with Crippen LogP contribution in [-0.2, 0) is 0 Å². The maximum Gasteiger partial charge on any atom is 0.0811 e. The maximum atomic E-state index is 8.21. The Morgan fingerprint density at radius 1 is 1.62 bits per heavy atom. The molecule has 0 spiro atoms. The van der Waals surface area contributed by atoms with Crippen LogP contribution < -0.4 is 5.32 Å². The number of hydrogen-bond donors (Lipinski definition) is 2. The van der Waals surface area contributed by atoms with Crippen molar-refractivity contribution in [2.75, 3.05) is 6.54 Å². The van der Waals surface area contributed by atoms with Crippen molar-refractivity contribution in [2.24, 2.45) is 0 Å². The van der Waals surface area contributed by atoms with Gasteiger partial charge in [-0.2, -0.15) is 0 Å². The predicted molar refractivity (Wildman–Crippen MR) is 34.0 cm³/mol. The average molecular weight is 116 g/mol. The highest BCUT2D eigenvalue weighted by Gasteiger charge is 1.88. The van der Waals surface area contributed by atoms with Gasteiger partial charge in [-0.05, 0) is 13.0 Å². The van der Waals surface area contributed by atoms with Crippen molar-refractivity contribution in [3.63, 3.8) is 0 Å². The minimum Gasteiger partial charge on any atom is -0.390 e. The summed E-state index contributed by atoms with van der Waals surface area (Å²) in [6.07, 6.45) is 0.734. The molecule has 0 atom stereocenters. The number of aliphatic hydroxyl groups is 1. The van der Waals surface area contributed by atoms with E-state index in [-0.39, 0.29) is 0 Å². The van der Waals surface area contributed by atoms with Crippen molar-refractivity contribution in [1.29, 1.82) is 0 Å². The van der Waals surface area contributed by atoms with Gasteiger partial charge in [0.25, 0.3) is 0 Å². The molecule has 0 unspecified atom stereocenters. The van der Waals surface area contributed by atoms with E-state index in [1.807, 2.05) is 0 Å². The van der Waals surface area contributed by atoms with Gasteiger partial charge in [0.1, 0.15) is 0 Å². The third-order valence-corrected chi connectivity index (χ3v) is 0.826. The molecule has 0 aliphatic carbocycles. The zero-order chi connectivity index (χ0) is 6.41. The van der Waals surface area contributed by atoms with Crippen LogP contribution in [0.3, 0.4) is 0 Å². The zero-order valence-electron chi connectivity index (χ0n) is 5.52. The Labute approximate surface area is 50.9 Å². The Morgan fingerprint density at radius 2 is 2.25 bits per heavy atom. The third-order valence-electron chi connectivity index (χ3n) is 0.826. The van der Waals surface area contributed by atoms with Crippen molar-refractivity contribution in [3.05, 3.63) is 6.61 Å². The number of nitrogens with one attached hydrogen (secondary N) is 1. The van der Waals surface area contributed by atoms with Gasteiger partial charge < -0.3 is 10.4 Å². The van der Waals surface area contributed by atoms with E-state index in [0.29, 0.717) is 6.04 Å². The molecule has 49 valence electrons. The van der Waals surface area contributed by atoms with E-state index in [0.717, 1.165) is 13.0 Å². The molecule has 0 amide bonds. The second-order valence-corrected chi connectivity index (χ2v) is 2.08. The molecule has 0 aliphatic rings. The fourth-order valence-electron chi connectivity index (χ4n) is 0.437. The van der Waals surface area contributed by atoms with E-state index in [2.05, 4.69) is 19.2 Å². The Morgan fingerprint density at radius 3 is 2.62 bits per heavy atom. The van der Waals surface area contributed by atoms with Crippen LogP contribution in [0.2, 0.25) is 0 Å². The number of aliphatic hydroxyl groups excluding tert-OH is 1. The molecule has 0 rings (SSSR count). The van der Waals surface area contributed by atoms with Crippen molar-refractivity contribution < 1.29 is 5.11 Å². The largest absolute Gasteiger partial charge is 0.390 e. The molecule has 0 fully saturated rings. The smallest absolute Gasteiger partial charge is 0.0811 e. The molecule has 0 bridgehead atoms. The Balaban J connectivity index is 2.72. The second kappa shape index (κ2) is 5.06. The molecule has 0 saturated carbocycles. The van der Waals surface area contributed by atoms with Crippen molar-refractivity contribution in [3.8, 4) is 0 Å². The Hall–Kier alpha value is -0.0800. The zero-order valence-corrected chi connectivity index (χ0v) is 5.52. The lowest BCUT2D eigenvalue weighted by atomic mass is 10.3. The van der Waals surface area contributed by atoms with Crippen LogP contribution in [0, 0.1) is 6.61 Å². The standard InChI is InChI=1S/C6H14NO/c1-6(2)7-4-3-5-8/h5-8H,3-4H2,1-2H3. The Kier molecular flexibility index (Phi) is 5.01. The summed E-state index contributed by atoms with van der Waals surface area (Å²) < 4.78 is 0. The van der Waals surface area contributed by atoms with Gasteiger partial charge in [-0.3, -0.25) is 0 Å². The topological polar surface area (TPSA) is 32.3 Å². The lowest BCUT2D eigenvalue weighted by Crippen LogP contribution is -2.23. The van der Waals surface area contributed by atoms with Crippen molar-refractivity contribution in [2.45, 2.75) is 26.3 Å². The van der Waals surface area contributed by atoms with E-state index in [1.54, 1.807) is 0 Å². The van der Waals surface area contributed by atoms with Crippen LogP contribution in [-0.4, -0.2) is 17.7 Å². The van der Waals surface area contributed by atoms with Crippen molar-refractivity contribution >= 4 is 0 Å². The first-order chi connectivity index (χ1) is 3.77. The van der Waals surface area contributed by atoms with Gasteiger partial charge in [0.05, 0.1) is 6.61 Å². The van der Waals surface area contributed by atoms with Gasteiger partial charge in [0, 0.05) is 6.04 Å². The minimum absolute atomic E-state index is 0.523. The van der Waals surface area contributed by atoms with Gasteiger partial charge in [0.15, 0.2) is 0 Å². The predicted octanol–water partition coefficient (Wildman–Crippen LogP) is 0.909. The van der Waals surface area contributed by atoms with E-state index in [1.165, 1.54) is 6.61 Å². The first-order valence-electron chi connectivity index (χ1n) is 2.96. The molecule has 2 heteroatoms. The molecule has 2 nitrogen and oxygen atoms in total. The SMILES string of the molecule is CC(C)NCC[CH]O. The van der Waals surface area contributed by atoms with E-state index < -0.39 is 0 Å². The molecule has 2 N–H and O–H groups in total. The second-order valence-electron chi connectivity index (χ2n) is 2.08. The van der Waals surface area contributed by atoms with Crippen molar-refractivity contribution in [1.82, 2.24) is 5.32 Å². The lowest BCUT2D eigenvalue weighted by molar-refractivity contribution is 0.368. The monoisotopic (exact) mass is 116 g/mol. The molecule has 0 aromatic rings. The van der Waals surface area contributed by atoms with Crippen LogP contribution >= 0.6 is 0 Å². The number of hydrogen-bond acceptors (Lipinski definition) is 2. The van der Waals surface area contributed by atoms with Crippen LogP contribution in [0.5, 0.6) is 0 Å². The van der Waals surface area contributed by atoms with Crippen LogP contribution in [0.15, 0.2) is 0 Å². The van der Waals surface area contributed by atoms with E-state index in [4.69, 9.17) is 5.11 Å². The molecule has 8 heavy (non-hydrogen) atoms. The van der Waals surface area contributed by atoms with Crippen LogP contribution in [0.4, 0.5) is 0 Å². The summed E-state index contributed by atoms with van der Waals surface area (Å²) in [4.78, 5) is 0. The summed E-state index contributed by atoms with van der Waals surface area (Å²) >= 11 is 0. The molecule has 0 aliphatic heterocycles. The quantitative estimate of drug-likeness (QED) is 0.535. The van der Waals surface area contributed by atoms with E-state index >= 15 is 0 Å². The maximum absolute atomic E-state index is 8.21. The number of rotatable bonds is 4. The highest BCUT2D eigenvalue weighted by Crippen LogP contribution is 1.80. The first kappa shape index (κ1) is 7.92. The summed E-state index contributed by atoms with van der Waals surface area (Å²) in [6, 6.07) is 0.523. The highest BCUT2D eigenvalue weighted by atomic mass is 16.3. The van der Waals surface area contributed by atoms with Crippen LogP contribution in [0.1, 0.15) is 20.3 Å². The fourth-order valence-corrected chi connectivity index (χ4v) is 0.437. The highest BCUT2D eigenvalue weighted by molar-refractivity contribution is 4.55. The van der Waals surface area contributed by atoms with Gasteiger partial charge in [0.2, 0.25) is 0 Å². The molecule has 0 heterocycles. The van der Waals surface area contributed by atoms with Gasteiger partial charge >= 0.3 is 0 Å². The summed E-state index contributed by atoms with van der Waals surface area (Å²) in [5.41, 5.74) is 0. The first-order valence-corrected chi connectivity index (χ1v) is 2.96. The molecule has 0 aromatic carbocycles. The molecule has 1 radical (unpaired) electrons. The lowest BCUT2D eigenvalue weighted by Gasteiger charge is -2.04. The molecular formula is C6H14NO.